The van der Waals surface area contributed by atoms with Gasteiger partial charge in [0.25, 0.3) is 0 Å². The van der Waals surface area contributed by atoms with E-state index in [0.717, 1.165) is 22.0 Å². The molecule has 0 spiro atoms. The van der Waals surface area contributed by atoms with E-state index in [1.165, 1.54) is 12.1 Å². The van der Waals surface area contributed by atoms with Gasteiger partial charge in [-0.25, -0.2) is 4.39 Å². The van der Waals surface area contributed by atoms with Crippen LogP contribution in [0.4, 0.5) is 10.1 Å². The predicted octanol–water partition coefficient (Wildman–Crippen LogP) is 3.83. The SMILES string of the molecule is N#CCC(=O)Nc1ccc(-c2c[nH]c3cc(F)ccc23)cc1. The lowest BCUT2D eigenvalue weighted by molar-refractivity contribution is -0.115. The average molecular weight is 293 g/mol. The number of aromatic nitrogens is 1. The van der Waals surface area contributed by atoms with E-state index in [-0.39, 0.29) is 18.1 Å². The molecule has 108 valence electrons. The van der Waals surface area contributed by atoms with Crippen LogP contribution in [0.25, 0.3) is 22.0 Å². The molecule has 1 aromatic heterocycles. The highest BCUT2D eigenvalue weighted by Crippen LogP contribution is 2.29. The van der Waals surface area contributed by atoms with Gasteiger partial charge < -0.3 is 10.3 Å². The first kappa shape index (κ1) is 13.8. The Bertz CT molecular complexity index is 875. The molecule has 0 unspecified atom stereocenters. The van der Waals surface area contributed by atoms with Gasteiger partial charge in [0, 0.05) is 28.4 Å². The van der Waals surface area contributed by atoms with E-state index in [1.807, 2.05) is 18.3 Å². The van der Waals surface area contributed by atoms with E-state index in [2.05, 4.69) is 10.3 Å². The van der Waals surface area contributed by atoms with Crippen LogP contribution in [0.5, 0.6) is 0 Å². The Hall–Kier alpha value is -3.13. The summed E-state index contributed by atoms with van der Waals surface area (Å²) in [5.41, 5.74) is 3.29. The van der Waals surface area contributed by atoms with E-state index < -0.39 is 0 Å². The summed E-state index contributed by atoms with van der Waals surface area (Å²) >= 11 is 0. The molecule has 4 nitrogen and oxygen atoms in total. The Morgan fingerprint density at radius 2 is 2.00 bits per heavy atom. The number of fused-ring (bicyclic) bond motifs is 1. The Labute approximate surface area is 126 Å². The third kappa shape index (κ3) is 2.67. The number of nitriles is 1. The van der Waals surface area contributed by atoms with Crippen LogP contribution < -0.4 is 5.32 Å². The van der Waals surface area contributed by atoms with Crippen LogP contribution in [0.15, 0.2) is 48.7 Å². The number of hydrogen-bond acceptors (Lipinski definition) is 2. The molecule has 3 aromatic rings. The molecule has 0 saturated carbocycles. The molecule has 0 aliphatic rings. The monoisotopic (exact) mass is 293 g/mol. The molecule has 0 aliphatic heterocycles. The van der Waals surface area contributed by atoms with Crippen molar-refractivity contribution in [3.8, 4) is 17.2 Å². The van der Waals surface area contributed by atoms with Crippen molar-refractivity contribution in [1.29, 1.82) is 5.26 Å². The number of carbonyl (C=O) groups is 1. The van der Waals surface area contributed by atoms with Gasteiger partial charge in [-0.3, -0.25) is 4.79 Å². The summed E-state index contributed by atoms with van der Waals surface area (Å²) in [6.07, 6.45) is 1.66. The van der Waals surface area contributed by atoms with Gasteiger partial charge in [0.15, 0.2) is 0 Å². The van der Waals surface area contributed by atoms with Crippen molar-refractivity contribution in [2.75, 3.05) is 5.32 Å². The van der Waals surface area contributed by atoms with Gasteiger partial charge >= 0.3 is 0 Å². The zero-order valence-electron chi connectivity index (χ0n) is 11.6. The fourth-order valence-electron chi connectivity index (χ4n) is 2.35. The Kier molecular flexibility index (Phi) is 3.58. The average Bonchev–Trinajstić information content (AvgIpc) is 2.91. The maximum absolute atomic E-state index is 13.2. The van der Waals surface area contributed by atoms with Gasteiger partial charge in [-0.1, -0.05) is 12.1 Å². The van der Waals surface area contributed by atoms with Crippen LogP contribution in [0.2, 0.25) is 0 Å². The first-order chi connectivity index (χ1) is 10.7. The van der Waals surface area contributed by atoms with Crippen molar-refractivity contribution in [1.82, 2.24) is 4.98 Å². The summed E-state index contributed by atoms with van der Waals surface area (Å²) < 4.78 is 13.2. The molecule has 3 rings (SSSR count). The molecule has 0 aliphatic carbocycles. The van der Waals surface area contributed by atoms with Crippen molar-refractivity contribution in [3.05, 3.63) is 54.5 Å². The summed E-state index contributed by atoms with van der Waals surface area (Å²) in [4.78, 5) is 14.4. The molecule has 2 aromatic carbocycles. The van der Waals surface area contributed by atoms with Crippen LogP contribution in [0, 0.1) is 17.1 Å². The van der Waals surface area contributed by atoms with Crippen LogP contribution in [0.3, 0.4) is 0 Å². The van der Waals surface area contributed by atoms with E-state index in [1.54, 1.807) is 24.3 Å². The molecule has 0 bridgehead atoms. The van der Waals surface area contributed by atoms with Crippen molar-refractivity contribution in [3.63, 3.8) is 0 Å². The van der Waals surface area contributed by atoms with Crippen LogP contribution >= 0.6 is 0 Å². The Morgan fingerprint density at radius 1 is 1.23 bits per heavy atom. The smallest absolute Gasteiger partial charge is 0.238 e. The third-order valence-electron chi connectivity index (χ3n) is 3.36. The fraction of sp³-hybridized carbons (Fsp3) is 0.0588. The van der Waals surface area contributed by atoms with Crippen molar-refractivity contribution < 1.29 is 9.18 Å². The van der Waals surface area contributed by atoms with E-state index in [9.17, 15) is 9.18 Å². The molecular weight excluding hydrogens is 281 g/mol. The number of benzene rings is 2. The van der Waals surface area contributed by atoms with Gasteiger partial charge in [0.2, 0.25) is 5.91 Å². The highest BCUT2D eigenvalue weighted by molar-refractivity contribution is 5.96. The quantitative estimate of drug-likeness (QED) is 0.770. The minimum atomic E-state index is -0.335. The predicted molar refractivity (Wildman–Crippen MR) is 82.6 cm³/mol. The lowest BCUT2D eigenvalue weighted by atomic mass is 10.0. The number of hydrogen-bond donors (Lipinski definition) is 2. The van der Waals surface area contributed by atoms with E-state index in [4.69, 9.17) is 5.26 Å². The molecule has 5 heteroatoms. The highest BCUT2D eigenvalue weighted by atomic mass is 19.1. The number of carbonyl (C=O) groups excluding carboxylic acids is 1. The maximum Gasteiger partial charge on any atom is 0.238 e. The van der Waals surface area contributed by atoms with Crippen molar-refractivity contribution in [2.45, 2.75) is 6.42 Å². The lowest BCUT2D eigenvalue weighted by Gasteiger charge is -2.04. The normalized spacial score (nSPS) is 10.4. The maximum atomic E-state index is 13.2. The number of rotatable bonds is 3. The largest absolute Gasteiger partial charge is 0.360 e. The van der Waals surface area contributed by atoms with Crippen molar-refractivity contribution >= 4 is 22.5 Å². The van der Waals surface area contributed by atoms with Gasteiger partial charge in [0.1, 0.15) is 12.2 Å². The number of amides is 1. The lowest BCUT2D eigenvalue weighted by Crippen LogP contribution is -2.09. The standard InChI is InChI=1S/C17H12FN3O/c18-12-3-6-14-15(10-20-16(14)9-12)11-1-4-13(5-2-11)21-17(22)7-8-19/h1-6,9-10,20H,7H2,(H,21,22). The highest BCUT2D eigenvalue weighted by Gasteiger charge is 2.07. The summed E-state index contributed by atoms with van der Waals surface area (Å²) in [5, 5.41) is 12.0. The van der Waals surface area contributed by atoms with Crippen LogP contribution in [-0.2, 0) is 4.79 Å². The Morgan fingerprint density at radius 3 is 2.73 bits per heavy atom. The number of anilines is 1. The molecule has 22 heavy (non-hydrogen) atoms. The zero-order valence-corrected chi connectivity index (χ0v) is 11.6. The minimum Gasteiger partial charge on any atom is -0.360 e. The topological polar surface area (TPSA) is 68.7 Å². The van der Waals surface area contributed by atoms with Gasteiger partial charge in [-0.05, 0) is 35.9 Å². The number of nitrogens with one attached hydrogen (secondary N) is 2. The number of aromatic amines is 1. The number of halogens is 1. The fourth-order valence-corrected chi connectivity index (χ4v) is 2.35. The molecule has 0 fully saturated rings. The summed E-state index contributed by atoms with van der Waals surface area (Å²) in [5.74, 6) is -0.616. The molecule has 1 heterocycles. The zero-order chi connectivity index (χ0) is 15.5. The van der Waals surface area contributed by atoms with E-state index >= 15 is 0 Å². The van der Waals surface area contributed by atoms with Gasteiger partial charge in [-0.2, -0.15) is 5.26 Å². The molecule has 0 atom stereocenters. The third-order valence-corrected chi connectivity index (χ3v) is 3.36. The van der Waals surface area contributed by atoms with Crippen LogP contribution in [-0.4, -0.2) is 10.9 Å². The number of nitrogens with zero attached hydrogens (tertiary/aromatic N) is 1. The molecule has 0 radical (unpaired) electrons. The summed E-state index contributed by atoms with van der Waals surface area (Å²) in [7, 11) is 0. The summed E-state index contributed by atoms with van der Waals surface area (Å²) in [6.45, 7) is 0. The van der Waals surface area contributed by atoms with Crippen LogP contribution in [0.1, 0.15) is 6.42 Å². The summed E-state index contributed by atoms with van der Waals surface area (Å²) in [6, 6.07) is 13.7. The second kappa shape index (κ2) is 5.70. The van der Waals surface area contributed by atoms with Crippen molar-refractivity contribution in [2.24, 2.45) is 0 Å². The number of H-pyrrole nitrogens is 1. The molecule has 0 saturated heterocycles. The first-order valence-electron chi connectivity index (χ1n) is 6.71. The molecule has 2 N–H and O–H groups in total. The van der Waals surface area contributed by atoms with E-state index in [0.29, 0.717) is 5.69 Å². The minimum absolute atomic E-state index is 0.171. The van der Waals surface area contributed by atoms with Gasteiger partial charge in [0.05, 0.1) is 6.07 Å². The first-order valence-corrected chi connectivity index (χ1v) is 6.71. The molecular formula is C17H12FN3O. The molecule has 1 amide bonds. The second-order valence-electron chi connectivity index (χ2n) is 4.85. The second-order valence-corrected chi connectivity index (χ2v) is 4.85. The Balaban J connectivity index is 1.89. The van der Waals surface area contributed by atoms with Gasteiger partial charge in [-0.15, -0.1) is 0 Å².